The highest BCUT2D eigenvalue weighted by molar-refractivity contribution is 7.11. The van der Waals surface area contributed by atoms with Crippen LogP contribution in [0.25, 0.3) is 10.9 Å². The van der Waals surface area contributed by atoms with Gasteiger partial charge in [-0.2, -0.15) is 0 Å². The number of fused-ring (bicyclic) bond motifs is 1. The summed E-state index contributed by atoms with van der Waals surface area (Å²) < 4.78 is 0. The number of amides is 1. The number of aromatic amines is 1. The van der Waals surface area contributed by atoms with E-state index < -0.39 is 0 Å². The second-order valence-corrected chi connectivity index (χ2v) is 7.59. The van der Waals surface area contributed by atoms with Crippen molar-refractivity contribution in [1.29, 1.82) is 0 Å². The molecule has 1 atom stereocenters. The SMILES string of the molecule is Cc1nnc(C2CCCN(C(=O)Cc3c[nH]c4ccccc34)C2)s1. The summed E-state index contributed by atoms with van der Waals surface area (Å²) in [6.45, 7) is 3.58. The van der Waals surface area contributed by atoms with Crippen LogP contribution in [-0.2, 0) is 11.2 Å². The van der Waals surface area contributed by atoms with E-state index in [1.54, 1.807) is 11.3 Å². The Hall–Kier alpha value is -2.21. The molecule has 4 rings (SSSR count). The molecule has 5 nitrogen and oxygen atoms in total. The van der Waals surface area contributed by atoms with Crippen molar-refractivity contribution >= 4 is 28.1 Å². The monoisotopic (exact) mass is 340 g/mol. The van der Waals surface area contributed by atoms with Gasteiger partial charge in [0.05, 0.1) is 6.42 Å². The van der Waals surface area contributed by atoms with Crippen LogP contribution >= 0.6 is 11.3 Å². The zero-order valence-electron chi connectivity index (χ0n) is 13.7. The highest BCUT2D eigenvalue weighted by Crippen LogP contribution is 2.29. The van der Waals surface area contributed by atoms with Crippen LogP contribution in [0.15, 0.2) is 30.5 Å². The van der Waals surface area contributed by atoms with E-state index in [0.29, 0.717) is 12.3 Å². The molecule has 1 aromatic carbocycles. The number of piperidine rings is 1. The number of para-hydroxylation sites is 1. The first-order valence-corrected chi connectivity index (χ1v) is 9.15. The molecule has 3 heterocycles. The van der Waals surface area contributed by atoms with Crippen LogP contribution in [0.4, 0.5) is 0 Å². The Morgan fingerprint density at radius 3 is 3.08 bits per heavy atom. The first-order chi connectivity index (χ1) is 11.7. The van der Waals surface area contributed by atoms with Crippen molar-refractivity contribution in [1.82, 2.24) is 20.1 Å². The molecular weight excluding hydrogens is 320 g/mol. The molecule has 0 radical (unpaired) electrons. The van der Waals surface area contributed by atoms with E-state index in [9.17, 15) is 4.79 Å². The maximum absolute atomic E-state index is 12.8. The Bertz CT molecular complexity index is 869. The summed E-state index contributed by atoms with van der Waals surface area (Å²) >= 11 is 1.65. The maximum Gasteiger partial charge on any atom is 0.227 e. The number of likely N-dealkylation sites (tertiary alicyclic amines) is 1. The van der Waals surface area contributed by atoms with E-state index in [0.717, 1.165) is 52.4 Å². The average Bonchev–Trinajstić information content (AvgIpc) is 3.22. The minimum Gasteiger partial charge on any atom is -0.361 e. The molecule has 0 saturated carbocycles. The molecule has 0 aliphatic carbocycles. The Labute approximate surface area is 144 Å². The van der Waals surface area contributed by atoms with Crippen LogP contribution in [0.2, 0.25) is 0 Å². The molecular formula is C18H20N4OS. The number of nitrogens with zero attached hydrogens (tertiary/aromatic N) is 3. The lowest BCUT2D eigenvalue weighted by atomic mass is 9.98. The number of aromatic nitrogens is 3. The number of carbonyl (C=O) groups is 1. The molecule has 1 fully saturated rings. The number of H-pyrrole nitrogens is 1. The lowest BCUT2D eigenvalue weighted by molar-refractivity contribution is -0.131. The number of carbonyl (C=O) groups excluding carboxylic acids is 1. The fraction of sp³-hybridized carbons (Fsp3) is 0.389. The number of nitrogens with one attached hydrogen (secondary N) is 1. The second-order valence-electron chi connectivity index (χ2n) is 6.37. The van der Waals surface area contributed by atoms with Crippen molar-refractivity contribution in [3.8, 4) is 0 Å². The minimum absolute atomic E-state index is 0.200. The Morgan fingerprint density at radius 2 is 2.25 bits per heavy atom. The lowest BCUT2D eigenvalue weighted by Gasteiger charge is -2.31. The van der Waals surface area contributed by atoms with E-state index >= 15 is 0 Å². The maximum atomic E-state index is 12.8. The number of hydrogen-bond acceptors (Lipinski definition) is 4. The van der Waals surface area contributed by atoms with Gasteiger partial charge >= 0.3 is 0 Å². The topological polar surface area (TPSA) is 61.9 Å². The van der Waals surface area contributed by atoms with Gasteiger partial charge in [-0.3, -0.25) is 4.79 Å². The van der Waals surface area contributed by atoms with Gasteiger partial charge in [0, 0.05) is 36.1 Å². The molecule has 1 aliphatic heterocycles. The molecule has 124 valence electrons. The molecule has 0 bridgehead atoms. The third kappa shape index (κ3) is 2.94. The number of hydrogen-bond donors (Lipinski definition) is 1. The largest absolute Gasteiger partial charge is 0.361 e. The average molecular weight is 340 g/mol. The quantitative estimate of drug-likeness (QED) is 0.796. The van der Waals surface area contributed by atoms with Gasteiger partial charge < -0.3 is 9.88 Å². The van der Waals surface area contributed by atoms with Crippen LogP contribution in [0, 0.1) is 6.92 Å². The van der Waals surface area contributed by atoms with Crippen molar-refractivity contribution < 1.29 is 4.79 Å². The normalized spacial score (nSPS) is 18.2. The zero-order chi connectivity index (χ0) is 16.5. The van der Waals surface area contributed by atoms with E-state index in [2.05, 4.69) is 21.2 Å². The standard InChI is InChI=1S/C18H20N4OS/c1-12-20-21-18(24-12)13-5-4-8-22(11-13)17(23)9-14-10-19-16-7-3-2-6-15(14)16/h2-3,6-7,10,13,19H,4-5,8-9,11H2,1H3. The smallest absolute Gasteiger partial charge is 0.227 e. The summed E-state index contributed by atoms with van der Waals surface area (Å²) in [6, 6.07) is 8.12. The molecule has 1 N–H and O–H groups in total. The summed E-state index contributed by atoms with van der Waals surface area (Å²) in [4.78, 5) is 18.0. The summed E-state index contributed by atoms with van der Waals surface area (Å²) in [5.74, 6) is 0.530. The predicted molar refractivity (Wildman–Crippen MR) is 95.2 cm³/mol. The predicted octanol–water partition coefficient (Wildman–Crippen LogP) is 3.28. The highest BCUT2D eigenvalue weighted by Gasteiger charge is 2.27. The first-order valence-electron chi connectivity index (χ1n) is 8.33. The van der Waals surface area contributed by atoms with Crippen LogP contribution in [-0.4, -0.2) is 39.1 Å². The van der Waals surface area contributed by atoms with Crippen LogP contribution in [0.3, 0.4) is 0 Å². The Balaban J connectivity index is 1.48. The summed E-state index contributed by atoms with van der Waals surface area (Å²) in [5, 5.41) is 11.6. The highest BCUT2D eigenvalue weighted by atomic mass is 32.1. The van der Waals surface area contributed by atoms with Gasteiger partial charge in [0.25, 0.3) is 0 Å². The second kappa shape index (κ2) is 6.36. The van der Waals surface area contributed by atoms with E-state index in [1.165, 1.54) is 0 Å². The lowest BCUT2D eigenvalue weighted by Crippen LogP contribution is -2.39. The molecule has 2 aromatic heterocycles. The van der Waals surface area contributed by atoms with Crippen LogP contribution in [0.5, 0.6) is 0 Å². The number of aryl methyl sites for hydroxylation is 1. The Morgan fingerprint density at radius 1 is 1.38 bits per heavy atom. The first kappa shape index (κ1) is 15.3. The summed E-state index contributed by atoms with van der Waals surface area (Å²) in [5.41, 5.74) is 2.16. The molecule has 1 amide bonds. The molecule has 0 spiro atoms. The van der Waals surface area contributed by atoms with Crippen molar-refractivity contribution in [2.45, 2.75) is 32.1 Å². The van der Waals surface area contributed by atoms with Crippen LogP contribution in [0.1, 0.15) is 34.3 Å². The van der Waals surface area contributed by atoms with E-state index in [1.807, 2.05) is 36.2 Å². The van der Waals surface area contributed by atoms with Crippen molar-refractivity contribution in [2.75, 3.05) is 13.1 Å². The Kier molecular flexibility index (Phi) is 4.06. The summed E-state index contributed by atoms with van der Waals surface area (Å²) in [6.07, 6.45) is 4.53. The van der Waals surface area contributed by atoms with Gasteiger partial charge in [0.2, 0.25) is 5.91 Å². The van der Waals surface area contributed by atoms with Crippen molar-refractivity contribution in [3.05, 3.63) is 46.0 Å². The van der Waals surface area contributed by atoms with Crippen molar-refractivity contribution in [3.63, 3.8) is 0 Å². The third-order valence-corrected chi connectivity index (χ3v) is 5.68. The fourth-order valence-corrected chi connectivity index (χ4v) is 4.26. The molecule has 1 unspecified atom stereocenters. The van der Waals surface area contributed by atoms with Gasteiger partial charge in [-0.05, 0) is 31.4 Å². The number of benzene rings is 1. The van der Waals surface area contributed by atoms with Crippen LogP contribution < -0.4 is 0 Å². The fourth-order valence-electron chi connectivity index (χ4n) is 3.43. The molecule has 6 heteroatoms. The van der Waals surface area contributed by atoms with E-state index in [-0.39, 0.29) is 5.91 Å². The molecule has 1 aliphatic rings. The van der Waals surface area contributed by atoms with Gasteiger partial charge in [0.15, 0.2) is 0 Å². The van der Waals surface area contributed by atoms with E-state index in [4.69, 9.17) is 0 Å². The van der Waals surface area contributed by atoms with Gasteiger partial charge in [-0.1, -0.05) is 18.2 Å². The van der Waals surface area contributed by atoms with Gasteiger partial charge in [-0.25, -0.2) is 0 Å². The van der Waals surface area contributed by atoms with Gasteiger partial charge in [0.1, 0.15) is 10.0 Å². The number of rotatable bonds is 3. The zero-order valence-corrected chi connectivity index (χ0v) is 14.5. The molecule has 24 heavy (non-hydrogen) atoms. The molecule has 1 saturated heterocycles. The van der Waals surface area contributed by atoms with Gasteiger partial charge in [-0.15, -0.1) is 21.5 Å². The molecule has 3 aromatic rings. The summed E-state index contributed by atoms with van der Waals surface area (Å²) in [7, 11) is 0. The minimum atomic E-state index is 0.200. The van der Waals surface area contributed by atoms with Crippen molar-refractivity contribution in [2.24, 2.45) is 0 Å². The third-order valence-electron chi connectivity index (χ3n) is 4.68.